The Morgan fingerprint density at radius 3 is 2.16 bits per heavy atom. The van der Waals surface area contributed by atoms with E-state index in [1.807, 2.05) is 24.3 Å². The minimum Gasteiger partial charge on any atom is -0.390 e. The van der Waals surface area contributed by atoms with Crippen LogP contribution in [0.3, 0.4) is 0 Å². The van der Waals surface area contributed by atoms with E-state index in [-0.39, 0.29) is 5.91 Å². The second kappa shape index (κ2) is 8.77. The Bertz CT molecular complexity index is 1190. The zero-order valence-electron chi connectivity index (χ0n) is 18.4. The highest BCUT2D eigenvalue weighted by atomic mass is 16.3. The first-order chi connectivity index (χ1) is 15.6. The molecule has 0 saturated heterocycles. The molecule has 5 rings (SSSR count). The van der Waals surface area contributed by atoms with Crippen LogP contribution in [0.2, 0.25) is 0 Å². The fraction of sp³-hybridized carbons (Fsp3) is 0.296. The van der Waals surface area contributed by atoms with E-state index in [0.717, 1.165) is 23.1 Å². The van der Waals surface area contributed by atoms with Gasteiger partial charge in [-0.15, -0.1) is 0 Å². The standard InChI is InChI=1S/C27H29N3O2/c1-28-27(32)20-12-10-19(11-13-20)16-29(21-14-15-21)17-22(31)18-30-25-8-4-2-6-23(25)24-7-3-5-9-26(24)30/h2-13,21-22,31H,14-18H2,1H3,(H,28,32). The molecule has 5 heteroatoms. The van der Waals surface area contributed by atoms with E-state index in [9.17, 15) is 9.90 Å². The highest BCUT2D eigenvalue weighted by molar-refractivity contribution is 6.07. The highest BCUT2D eigenvalue weighted by Crippen LogP contribution is 2.31. The van der Waals surface area contributed by atoms with Crippen LogP contribution in [0.4, 0.5) is 0 Å². The maximum Gasteiger partial charge on any atom is 0.251 e. The molecule has 0 aliphatic heterocycles. The van der Waals surface area contributed by atoms with Gasteiger partial charge in [0.2, 0.25) is 0 Å². The lowest BCUT2D eigenvalue weighted by Crippen LogP contribution is -2.36. The van der Waals surface area contributed by atoms with Crippen molar-refractivity contribution >= 4 is 27.7 Å². The Kier molecular flexibility index (Phi) is 5.68. The fourth-order valence-corrected chi connectivity index (χ4v) is 4.66. The smallest absolute Gasteiger partial charge is 0.251 e. The molecule has 1 fully saturated rings. The van der Waals surface area contributed by atoms with Gasteiger partial charge in [-0.3, -0.25) is 9.69 Å². The van der Waals surface area contributed by atoms with Crippen molar-refractivity contribution in [3.8, 4) is 0 Å². The molecular formula is C27H29N3O2. The van der Waals surface area contributed by atoms with Crippen molar-refractivity contribution in [2.75, 3.05) is 13.6 Å². The number of fused-ring (bicyclic) bond motifs is 3. The molecule has 5 nitrogen and oxygen atoms in total. The molecule has 32 heavy (non-hydrogen) atoms. The molecule has 164 valence electrons. The van der Waals surface area contributed by atoms with Gasteiger partial charge in [0.25, 0.3) is 5.91 Å². The fourth-order valence-electron chi connectivity index (χ4n) is 4.66. The van der Waals surface area contributed by atoms with E-state index in [4.69, 9.17) is 0 Å². The maximum atomic E-state index is 11.8. The van der Waals surface area contributed by atoms with E-state index < -0.39 is 6.10 Å². The van der Waals surface area contributed by atoms with Gasteiger partial charge in [-0.05, 0) is 42.7 Å². The lowest BCUT2D eigenvalue weighted by atomic mass is 10.1. The Morgan fingerprint density at radius 2 is 1.59 bits per heavy atom. The molecule has 1 saturated carbocycles. The normalized spacial score (nSPS) is 14.8. The van der Waals surface area contributed by atoms with Gasteiger partial charge in [-0.2, -0.15) is 0 Å². The first kappa shape index (κ1) is 20.7. The second-order valence-electron chi connectivity index (χ2n) is 8.74. The van der Waals surface area contributed by atoms with Crippen molar-refractivity contribution < 1.29 is 9.90 Å². The van der Waals surface area contributed by atoms with Crippen LogP contribution in [0, 0.1) is 0 Å². The topological polar surface area (TPSA) is 57.5 Å². The van der Waals surface area contributed by atoms with E-state index >= 15 is 0 Å². The van der Waals surface area contributed by atoms with Crippen molar-refractivity contribution in [3.05, 3.63) is 83.9 Å². The molecule has 4 aromatic rings. The number of para-hydroxylation sites is 2. The Hall–Kier alpha value is -3.15. The predicted octanol–water partition coefficient (Wildman–Crippen LogP) is 4.18. The van der Waals surface area contributed by atoms with E-state index in [1.165, 1.54) is 23.6 Å². The molecule has 0 bridgehead atoms. The van der Waals surface area contributed by atoms with Gasteiger partial charge < -0.3 is 15.0 Å². The third kappa shape index (κ3) is 4.14. The molecule has 3 aromatic carbocycles. The molecule has 1 aliphatic carbocycles. The first-order valence-corrected chi connectivity index (χ1v) is 11.3. The van der Waals surface area contributed by atoms with Crippen molar-refractivity contribution in [3.63, 3.8) is 0 Å². The average molecular weight is 428 g/mol. The zero-order chi connectivity index (χ0) is 22.1. The molecule has 1 aromatic heterocycles. The van der Waals surface area contributed by atoms with Crippen LogP contribution in [0.1, 0.15) is 28.8 Å². The highest BCUT2D eigenvalue weighted by Gasteiger charge is 2.30. The number of nitrogens with zero attached hydrogens (tertiary/aromatic N) is 2. The maximum absolute atomic E-state index is 11.8. The third-order valence-electron chi connectivity index (χ3n) is 6.41. The van der Waals surface area contributed by atoms with Crippen molar-refractivity contribution in [1.29, 1.82) is 0 Å². The van der Waals surface area contributed by atoms with Gasteiger partial charge in [-0.1, -0.05) is 48.5 Å². The van der Waals surface area contributed by atoms with Crippen LogP contribution in [0.5, 0.6) is 0 Å². The summed E-state index contributed by atoms with van der Waals surface area (Å²) in [5.74, 6) is -0.0720. The van der Waals surface area contributed by atoms with Gasteiger partial charge >= 0.3 is 0 Å². The molecule has 1 amide bonds. The van der Waals surface area contributed by atoms with Crippen LogP contribution in [0.15, 0.2) is 72.8 Å². The summed E-state index contributed by atoms with van der Waals surface area (Å²) >= 11 is 0. The summed E-state index contributed by atoms with van der Waals surface area (Å²) in [6.07, 6.45) is 1.89. The van der Waals surface area contributed by atoms with Gasteiger partial charge in [0.15, 0.2) is 0 Å². The summed E-state index contributed by atoms with van der Waals surface area (Å²) < 4.78 is 2.25. The Balaban J connectivity index is 1.33. The second-order valence-corrected chi connectivity index (χ2v) is 8.74. The molecule has 1 unspecified atom stereocenters. The third-order valence-corrected chi connectivity index (χ3v) is 6.41. The number of benzene rings is 3. The van der Waals surface area contributed by atoms with Crippen LogP contribution in [-0.4, -0.2) is 46.2 Å². The molecular weight excluding hydrogens is 398 g/mol. The monoisotopic (exact) mass is 427 g/mol. The van der Waals surface area contributed by atoms with Crippen LogP contribution in [0.25, 0.3) is 21.8 Å². The number of carbonyl (C=O) groups is 1. The summed E-state index contributed by atoms with van der Waals surface area (Å²) in [6.45, 7) is 1.97. The SMILES string of the molecule is CNC(=O)c1ccc(CN(CC(O)Cn2c3ccccc3c3ccccc32)C2CC2)cc1. The summed E-state index contributed by atoms with van der Waals surface area (Å²) in [6, 6.07) is 25.1. The van der Waals surface area contributed by atoms with Gasteiger partial charge in [0.1, 0.15) is 0 Å². The Labute approximate surface area is 188 Å². The summed E-state index contributed by atoms with van der Waals surface area (Å²) in [4.78, 5) is 14.2. The number of hydrogen-bond acceptors (Lipinski definition) is 3. The summed E-state index contributed by atoms with van der Waals surface area (Å²) in [5.41, 5.74) is 4.15. The number of hydrogen-bond donors (Lipinski definition) is 2. The Morgan fingerprint density at radius 1 is 1.00 bits per heavy atom. The van der Waals surface area contributed by atoms with Gasteiger partial charge in [-0.25, -0.2) is 0 Å². The number of nitrogens with one attached hydrogen (secondary N) is 1. The van der Waals surface area contributed by atoms with Gasteiger partial charge in [0.05, 0.1) is 12.6 Å². The lowest BCUT2D eigenvalue weighted by Gasteiger charge is -2.26. The number of amides is 1. The number of aromatic nitrogens is 1. The summed E-state index contributed by atoms with van der Waals surface area (Å²) in [5, 5.41) is 16.2. The minimum absolute atomic E-state index is 0.0720. The van der Waals surface area contributed by atoms with Crippen LogP contribution >= 0.6 is 0 Å². The van der Waals surface area contributed by atoms with Crippen molar-refractivity contribution in [2.45, 2.75) is 38.1 Å². The molecule has 0 radical (unpaired) electrons. The molecule has 1 aliphatic rings. The van der Waals surface area contributed by atoms with Crippen LogP contribution < -0.4 is 5.32 Å². The number of aliphatic hydroxyl groups excluding tert-OH is 1. The van der Waals surface area contributed by atoms with E-state index in [0.29, 0.717) is 24.7 Å². The average Bonchev–Trinajstić information content (AvgIpc) is 3.63. The van der Waals surface area contributed by atoms with E-state index in [2.05, 4.69) is 63.3 Å². The molecule has 0 spiro atoms. The molecule has 2 N–H and O–H groups in total. The van der Waals surface area contributed by atoms with E-state index in [1.54, 1.807) is 7.05 Å². The number of rotatable bonds is 8. The van der Waals surface area contributed by atoms with Gasteiger partial charge in [0, 0.05) is 53.5 Å². The summed E-state index contributed by atoms with van der Waals surface area (Å²) in [7, 11) is 1.64. The zero-order valence-corrected chi connectivity index (χ0v) is 18.4. The number of aliphatic hydroxyl groups is 1. The minimum atomic E-state index is -0.472. The van der Waals surface area contributed by atoms with Crippen LogP contribution in [-0.2, 0) is 13.1 Å². The number of carbonyl (C=O) groups excluding carboxylic acids is 1. The lowest BCUT2D eigenvalue weighted by molar-refractivity contribution is 0.0922. The van der Waals surface area contributed by atoms with Crippen molar-refractivity contribution in [1.82, 2.24) is 14.8 Å². The largest absolute Gasteiger partial charge is 0.390 e. The quantitative estimate of drug-likeness (QED) is 0.444. The predicted molar refractivity (Wildman–Crippen MR) is 129 cm³/mol. The van der Waals surface area contributed by atoms with Crippen molar-refractivity contribution in [2.24, 2.45) is 0 Å². The molecule has 1 heterocycles. The molecule has 1 atom stereocenters. The first-order valence-electron chi connectivity index (χ1n) is 11.3.